The Morgan fingerprint density at radius 1 is 1.35 bits per heavy atom. The highest BCUT2D eigenvalue weighted by Crippen LogP contribution is 2.37. The van der Waals surface area contributed by atoms with Gasteiger partial charge in [0.1, 0.15) is 12.7 Å². The van der Waals surface area contributed by atoms with Gasteiger partial charge in [-0.1, -0.05) is 33.6 Å². The number of hydrogen-bond donors (Lipinski definition) is 1. The first kappa shape index (κ1) is 15.0. The normalized spacial score (nSPS) is 23.6. The third-order valence-corrected chi connectivity index (χ3v) is 4.26. The Kier molecular flexibility index (Phi) is 4.78. The third-order valence-electron chi connectivity index (χ3n) is 4.26. The van der Waals surface area contributed by atoms with Crippen molar-refractivity contribution in [3.63, 3.8) is 0 Å². The van der Waals surface area contributed by atoms with Gasteiger partial charge in [-0.25, -0.2) is 4.98 Å². The van der Waals surface area contributed by atoms with Crippen molar-refractivity contribution < 1.29 is 4.79 Å². The van der Waals surface area contributed by atoms with Gasteiger partial charge in [0.05, 0.1) is 6.54 Å². The molecule has 5 heteroatoms. The lowest BCUT2D eigenvalue weighted by Gasteiger charge is -2.40. The highest BCUT2D eigenvalue weighted by Gasteiger charge is 2.34. The quantitative estimate of drug-likeness (QED) is 0.920. The summed E-state index contributed by atoms with van der Waals surface area (Å²) in [5, 5.41) is 7.25. The summed E-state index contributed by atoms with van der Waals surface area (Å²) in [5.41, 5.74) is 0.254. The van der Waals surface area contributed by atoms with Crippen molar-refractivity contribution >= 4 is 5.91 Å². The summed E-state index contributed by atoms with van der Waals surface area (Å²) in [6.07, 6.45) is 8.44. The van der Waals surface area contributed by atoms with Gasteiger partial charge < -0.3 is 5.32 Å². The first-order chi connectivity index (χ1) is 9.47. The molecule has 1 fully saturated rings. The zero-order chi connectivity index (χ0) is 14.6. The lowest BCUT2D eigenvalue weighted by molar-refractivity contribution is -0.123. The zero-order valence-electron chi connectivity index (χ0n) is 12.8. The molecule has 1 heterocycles. The number of carbonyl (C=O) groups is 1. The van der Waals surface area contributed by atoms with E-state index in [9.17, 15) is 4.79 Å². The number of hydrogen-bond acceptors (Lipinski definition) is 3. The van der Waals surface area contributed by atoms with E-state index >= 15 is 0 Å². The van der Waals surface area contributed by atoms with Gasteiger partial charge in [-0.15, -0.1) is 0 Å². The van der Waals surface area contributed by atoms with E-state index in [1.54, 1.807) is 11.0 Å². The summed E-state index contributed by atoms with van der Waals surface area (Å²) in [5.74, 6) is 0.702. The van der Waals surface area contributed by atoms with Crippen LogP contribution in [0.4, 0.5) is 0 Å². The summed E-state index contributed by atoms with van der Waals surface area (Å²) in [7, 11) is 0. The summed E-state index contributed by atoms with van der Waals surface area (Å²) >= 11 is 0. The number of nitrogens with zero attached hydrogens (tertiary/aromatic N) is 3. The molecule has 1 saturated carbocycles. The number of nitrogens with one attached hydrogen (secondary N) is 1. The van der Waals surface area contributed by atoms with Crippen molar-refractivity contribution in [1.82, 2.24) is 20.1 Å². The maximum atomic E-state index is 12.1. The minimum atomic E-state index is 0.127. The van der Waals surface area contributed by atoms with E-state index in [4.69, 9.17) is 0 Å². The molecule has 1 aromatic rings. The molecule has 0 spiro atoms. The molecule has 112 valence electrons. The van der Waals surface area contributed by atoms with Gasteiger partial charge in [0, 0.05) is 12.5 Å². The minimum absolute atomic E-state index is 0.127. The predicted molar refractivity (Wildman–Crippen MR) is 78.0 cm³/mol. The number of aryl methyl sites for hydroxylation is 1. The molecule has 0 aliphatic heterocycles. The smallest absolute Gasteiger partial charge is 0.222 e. The highest BCUT2D eigenvalue weighted by molar-refractivity contribution is 5.76. The van der Waals surface area contributed by atoms with Crippen molar-refractivity contribution in [1.29, 1.82) is 0 Å². The molecule has 2 atom stereocenters. The van der Waals surface area contributed by atoms with Crippen LogP contribution in [0.5, 0.6) is 0 Å². The minimum Gasteiger partial charge on any atom is -0.353 e. The van der Waals surface area contributed by atoms with Crippen molar-refractivity contribution in [3.05, 3.63) is 12.7 Å². The van der Waals surface area contributed by atoms with Crippen molar-refractivity contribution in [2.45, 2.75) is 65.5 Å². The van der Waals surface area contributed by atoms with Crippen LogP contribution in [0.1, 0.15) is 52.9 Å². The van der Waals surface area contributed by atoms with Crippen LogP contribution < -0.4 is 5.32 Å². The van der Waals surface area contributed by atoms with E-state index < -0.39 is 0 Å². The molecule has 0 unspecified atom stereocenters. The maximum Gasteiger partial charge on any atom is 0.222 e. The molecule has 20 heavy (non-hydrogen) atoms. The molecule has 5 nitrogen and oxygen atoms in total. The molecule has 1 aromatic heterocycles. The number of rotatable bonds is 4. The van der Waals surface area contributed by atoms with Crippen LogP contribution in [0.15, 0.2) is 12.7 Å². The molecule has 1 N–H and O–H groups in total. The Balaban J connectivity index is 1.85. The summed E-state index contributed by atoms with van der Waals surface area (Å²) < 4.78 is 1.70. The molecule has 1 aliphatic rings. The van der Waals surface area contributed by atoms with Gasteiger partial charge in [-0.05, 0) is 24.2 Å². The van der Waals surface area contributed by atoms with Crippen LogP contribution in [0.3, 0.4) is 0 Å². The van der Waals surface area contributed by atoms with E-state index in [0.29, 0.717) is 24.9 Å². The Hall–Kier alpha value is -1.39. The third kappa shape index (κ3) is 4.05. The SMILES string of the molecule is CC(C)(C)[C@@H]1CCCC[C@H]1NC(=O)CCn1cncn1. The van der Waals surface area contributed by atoms with Gasteiger partial charge in [0.2, 0.25) is 5.91 Å². The summed E-state index contributed by atoms with van der Waals surface area (Å²) in [4.78, 5) is 16.0. The standard InChI is InChI=1S/C15H26N4O/c1-15(2,3)12-6-4-5-7-13(12)18-14(20)8-9-19-11-16-10-17-19/h10-13H,4-9H2,1-3H3,(H,18,20)/t12-,13-/m1/s1. The van der Waals surface area contributed by atoms with Gasteiger partial charge in [-0.3, -0.25) is 9.48 Å². The fourth-order valence-corrected chi connectivity index (χ4v) is 3.18. The molecule has 0 radical (unpaired) electrons. The Morgan fingerprint density at radius 2 is 2.10 bits per heavy atom. The summed E-state index contributed by atoms with van der Waals surface area (Å²) in [6, 6.07) is 0.326. The molecule has 0 bridgehead atoms. The second kappa shape index (κ2) is 6.37. The van der Waals surface area contributed by atoms with Crippen molar-refractivity contribution in [2.75, 3.05) is 0 Å². The van der Waals surface area contributed by atoms with Crippen LogP contribution in [-0.4, -0.2) is 26.7 Å². The topological polar surface area (TPSA) is 59.8 Å². The maximum absolute atomic E-state index is 12.1. The van der Waals surface area contributed by atoms with Gasteiger partial charge >= 0.3 is 0 Å². The fourth-order valence-electron chi connectivity index (χ4n) is 3.18. The van der Waals surface area contributed by atoms with Crippen LogP contribution in [0.25, 0.3) is 0 Å². The average Bonchev–Trinajstić information content (AvgIpc) is 2.89. The fraction of sp³-hybridized carbons (Fsp3) is 0.800. The van der Waals surface area contributed by atoms with E-state index in [1.807, 2.05) is 0 Å². The van der Waals surface area contributed by atoms with Gasteiger partial charge in [-0.2, -0.15) is 5.10 Å². The predicted octanol–water partition coefficient (Wildman–Crippen LogP) is 2.39. The number of amides is 1. The van der Waals surface area contributed by atoms with Gasteiger partial charge in [0.25, 0.3) is 0 Å². The van der Waals surface area contributed by atoms with Crippen LogP contribution in [0, 0.1) is 11.3 Å². The molecule has 0 saturated heterocycles. The lowest BCUT2D eigenvalue weighted by atomic mass is 9.69. The van der Waals surface area contributed by atoms with Crippen molar-refractivity contribution in [3.8, 4) is 0 Å². The first-order valence-corrected chi connectivity index (χ1v) is 7.58. The van der Waals surface area contributed by atoms with E-state index in [2.05, 4.69) is 36.2 Å². The molecular formula is C15H26N4O. The Labute approximate surface area is 121 Å². The molecule has 1 aliphatic carbocycles. The average molecular weight is 278 g/mol. The molecule has 0 aromatic carbocycles. The number of aromatic nitrogens is 3. The highest BCUT2D eigenvalue weighted by atomic mass is 16.1. The van der Waals surface area contributed by atoms with Crippen LogP contribution in [0.2, 0.25) is 0 Å². The second-order valence-electron chi connectivity index (χ2n) is 6.84. The first-order valence-electron chi connectivity index (χ1n) is 7.58. The Bertz CT molecular complexity index is 422. The molecular weight excluding hydrogens is 252 g/mol. The van der Waals surface area contributed by atoms with E-state index in [1.165, 1.54) is 25.6 Å². The van der Waals surface area contributed by atoms with Crippen molar-refractivity contribution in [2.24, 2.45) is 11.3 Å². The summed E-state index contributed by atoms with van der Waals surface area (Å²) in [6.45, 7) is 7.42. The van der Waals surface area contributed by atoms with Crippen LogP contribution >= 0.6 is 0 Å². The largest absolute Gasteiger partial charge is 0.353 e. The Morgan fingerprint density at radius 3 is 2.75 bits per heavy atom. The lowest BCUT2D eigenvalue weighted by Crippen LogP contribution is -2.46. The second-order valence-corrected chi connectivity index (χ2v) is 6.84. The molecule has 1 amide bonds. The van der Waals surface area contributed by atoms with Crippen LogP contribution in [-0.2, 0) is 11.3 Å². The van der Waals surface area contributed by atoms with E-state index in [0.717, 1.165) is 6.42 Å². The zero-order valence-corrected chi connectivity index (χ0v) is 12.8. The van der Waals surface area contributed by atoms with Gasteiger partial charge in [0.15, 0.2) is 0 Å². The van der Waals surface area contributed by atoms with E-state index in [-0.39, 0.29) is 11.3 Å². The number of carbonyl (C=O) groups excluding carboxylic acids is 1. The molecule has 2 rings (SSSR count). The monoisotopic (exact) mass is 278 g/mol.